The predicted octanol–water partition coefficient (Wildman–Crippen LogP) is 0.578. The highest BCUT2D eigenvalue weighted by Crippen LogP contribution is 2.32. The molecule has 6 nitrogen and oxygen atoms in total. The molecule has 0 atom stereocenters. The van der Waals surface area contributed by atoms with Crippen LogP contribution in [0, 0.1) is 0 Å². The maximum atomic E-state index is 12.1. The number of sulfonamides is 1. The summed E-state index contributed by atoms with van der Waals surface area (Å²) in [4.78, 5) is 10.7. The molecule has 1 aliphatic carbocycles. The number of aliphatic hydroxyl groups is 1. The summed E-state index contributed by atoms with van der Waals surface area (Å²) >= 11 is 0. The van der Waals surface area contributed by atoms with E-state index in [9.17, 15) is 18.3 Å². The molecule has 1 saturated carbocycles. The number of aromatic carboxylic acids is 1. The van der Waals surface area contributed by atoms with Crippen molar-refractivity contribution in [2.24, 2.45) is 0 Å². The minimum Gasteiger partial charge on any atom is -0.478 e. The molecule has 0 heterocycles. The predicted molar refractivity (Wildman–Crippen MR) is 67.4 cm³/mol. The van der Waals surface area contributed by atoms with Crippen LogP contribution in [-0.4, -0.2) is 36.7 Å². The van der Waals surface area contributed by atoms with Crippen molar-refractivity contribution in [3.05, 3.63) is 29.8 Å². The van der Waals surface area contributed by atoms with Crippen molar-refractivity contribution in [1.82, 2.24) is 4.72 Å². The molecular formula is C12H15NO5S. The molecule has 0 spiro atoms. The zero-order valence-electron chi connectivity index (χ0n) is 10.2. The summed E-state index contributed by atoms with van der Waals surface area (Å²) in [6.45, 7) is -0.237. The topological polar surface area (TPSA) is 104 Å². The van der Waals surface area contributed by atoms with Crippen LogP contribution in [0.3, 0.4) is 0 Å². The number of carboxylic acid groups (broad SMARTS) is 1. The van der Waals surface area contributed by atoms with E-state index < -0.39 is 21.5 Å². The normalized spacial score (nSPS) is 17.7. The zero-order valence-corrected chi connectivity index (χ0v) is 11.0. The van der Waals surface area contributed by atoms with E-state index in [1.807, 2.05) is 0 Å². The van der Waals surface area contributed by atoms with E-state index in [1.54, 1.807) is 0 Å². The quantitative estimate of drug-likeness (QED) is 0.734. The fourth-order valence-corrected chi connectivity index (χ4v) is 3.47. The molecule has 2 rings (SSSR count). The minimum atomic E-state index is -3.74. The minimum absolute atomic E-state index is 0.00257. The molecule has 1 aliphatic rings. The van der Waals surface area contributed by atoms with Gasteiger partial charge < -0.3 is 10.2 Å². The van der Waals surface area contributed by atoms with Crippen LogP contribution in [0.2, 0.25) is 0 Å². The molecule has 19 heavy (non-hydrogen) atoms. The maximum absolute atomic E-state index is 12.1. The largest absolute Gasteiger partial charge is 0.478 e. The molecule has 1 fully saturated rings. The summed E-state index contributed by atoms with van der Waals surface area (Å²) in [5, 5.41) is 18.0. The number of carbonyl (C=O) groups is 1. The van der Waals surface area contributed by atoms with Crippen LogP contribution in [0.1, 0.15) is 29.6 Å². The van der Waals surface area contributed by atoms with Crippen LogP contribution in [0.15, 0.2) is 29.2 Å². The fraction of sp³-hybridized carbons (Fsp3) is 0.417. The Morgan fingerprint density at radius 1 is 1.26 bits per heavy atom. The molecule has 0 amide bonds. The molecular weight excluding hydrogens is 270 g/mol. The third kappa shape index (κ3) is 2.78. The number of carboxylic acids is 1. The standard InChI is InChI=1S/C12H15NO5S/c14-8-12(6-1-7-12)13-19(17,18)10-4-2-9(3-5-10)11(15)16/h2-5,13-14H,1,6-8H2,(H,15,16). The lowest BCUT2D eigenvalue weighted by Crippen LogP contribution is -2.55. The lowest BCUT2D eigenvalue weighted by molar-refractivity contribution is 0.0696. The Bertz CT molecular complexity index is 569. The molecule has 0 bridgehead atoms. The van der Waals surface area contributed by atoms with Crippen LogP contribution in [0.4, 0.5) is 0 Å². The highest BCUT2D eigenvalue weighted by atomic mass is 32.2. The number of hydrogen-bond donors (Lipinski definition) is 3. The lowest BCUT2D eigenvalue weighted by atomic mass is 9.78. The third-order valence-corrected chi connectivity index (χ3v) is 4.97. The Hall–Kier alpha value is -1.44. The van der Waals surface area contributed by atoms with Gasteiger partial charge in [-0.15, -0.1) is 0 Å². The monoisotopic (exact) mass is 285 g/mol. The maximum Gasteiger partial charge on any atom is 0.335 e. The SMILES string of the molecule is O=C(O)c1ccc(S(=O)(=O)NC2(CO)CCC2)cc1. The van der Waals surface area contributed by atoms with Crippen molar-refractivity contribution < 1.29 is 23.4 Å². The molecule has 0 saturated heterocycles. The molecule has 3 N–H and O–H groups in total. The second-order valence-corrected chi connectivity index (χ2v) is 6.41. The van der Waals surface area contributed by atoms with Gasteiger partial charge in [0.25, 0.3) is 0 Å². The average Bonchev–Trinajstić information content (AvgIpc) is 2.34. The lowest BCUT2D eigenvalue weighted by Gasteiger charge is -2.40. The molecule has 1 aromatic carbocycles. The highest BCUT2D eigenvalue weighted by Gasteiger charge is 2.40. The number of benzene rings is 1. The van der Waals surface area contributed by atoms with Gasteiger partial charge in [0, 0.05) is 0 Å². The van der Waals surface area contributed by atoms with E-state index in [2.05, 4.69) is 4.72 Å². The van der Waals surface area contributed by atoms with Gasteiger partial charge in [0.05, 0.1) is 22.6 Å². The second-order valence-electron chi connectivity index (χ2n) is 4.73. The van der Waals surface area contributed by atoms with Gasteiger partial charge in [-0.25, -0.2) is 17.9 Å². The summed E-state index contributed by atoms with van der Waals surface area (Å²) in [6, 6.07) is 4.97. The first kappa shape index (κ1) is 14.0. The molecule has 0 radical (unpaired) electrons. The van der Waals surface area contributed by atoms with Crippen LogP contribution >= 0.6 is 0 Å². The van der Waals surface area contributed by atoms with Gasteiger partial charge in [-0.05, 0) is 43.5 Å². The number of aliphatic hydroxyl groups excluding tert-OH is 1. The van der Waals surface area contributed by atoms with Crippen LogP contribution in [-0.2, 0) is 10.0 Å². The van der Waals surface area contributed by atoms with Gasteiger partial charge in [0.2, 0.25) is 10.0 Å². The third-order valence-electron chi connectivity index (χ3n) is 3.38. The van der Waals surface area contributed by atoms with E-state index >= 15 is 0 Å². The molecule has 104 valence electrons. The Balaban J connectivity index is 2.22. The molecule has 1 aromatic rings. The van der Waals surface area contributed by atoms with Crippen LogP contribution in [0.25, 0.3) is 0 Å². The van der Waals surface area contributed by atoms with E-state index in [-0.39, 0.29) is 17.1 Å². The van der Waals surface area contributed by atoms with Crippen molar-refractivity contribution in [2.45, 2.75) is 29.7 Å². The van der Waals surface area contributed by atoms with Gasteiger partial charge >= 0.3 is 5.97 Å². The van der Waals surface area contributed by atoms with Gasteiger partial charge in [0.15, 0.2) is 0 Å². The fourth-order valence-electron chi connectivity index (χ4n) is 2.02. The van der Waals surface area contributed by atoms with Gasteiger partial charge in [-0.1, -0.05) is 0 Å². The average molecular weight is 285 g/mol. The molecule has 0 aromatic heterocycles. The van der Waals surface area contributed by atoms with Gasteiger partial charge in [-0.3, -0.25) is 0 Å². The summed E-state index contributed by atoms with van der Waals surface area (Å²) in [7, 11) is -3.74. The first-order valence-electron chi connectivity index (χ1n) is 5.87. The summed E-state index contributed by atoms with van der Waals surface area (Å²) in [5.41, 5.74) is -0.732. The number of rotatable bonds is 5. The van der Waals surface area contributed by atoms with Gasteiger partial charge in [0.1, 0.15) is 0 Å². The summed E-state index contributed by atoms with van der Waals surface area (Å²) in [5.74, 6) is -1.11. The van der Waals surface area contributed by atoms with Crippen molar-refractivity contribution >= 4 is 16.0 Å². The number of nitrogens with one attached hydrogen (secondary N) is 1. The summed E-state index contributed by atoms with van der Waals surface area (Å²) < 4.78 is 26.7. The Labute approximate surface area is 111 Å². The first-order valence-corrected chi connectivity index (χ1v) is 7.35. The smallest absolute Gasteiger partial charge is 0.335 e. The first-order chi connectivity index (χ1) is 8.88. The Kier molecular flexibility index (Phi) is 3.62. The zero-order chi connectivity index (χ0) is 14.1. The van der Waals surface area contributed by atoms with E-state index in [0.717, 1.165) is 6.42 Å². The van der Waals surface area contributed by atoms with E-state index in [4.69, 9.17) is 5.11 Å². The Morgan fingerprint density at radius 2 is 1.84 bits per heavy atom. The summed E-state index contributed by atoms with van der Waals surface area (Å²) in [6.07, 6.45) is 2.09. The van der Waals surface area contributed by atoms with E-state index in [0.29, 0.717) is 12.8 Å². The molecule has 7 heteroatoms. The van der Waals surface area contributed by atoms with Crippen LogP contribution in [0.5, 0.6) is 0 Å². The van der Waals surface area contributed by atoms with E-state index in [1.165, 1.54) is 24.3 Å². The molecule has 0 aliphatic heterocycles. The van der Waals surface area contributed by atoms with Crippen LogP contribution < -0.4 is 4.72 Å². The molecule has 0 unspecified atom stereocenters. The number of hydrogen-bond acceptors (Lipinski definition) is 4. The van der Waals surface area contributed by atoms with Crippen molar-refractivity contribution in [3.8, 4) is 0 Å². The van der Waals surface area contributed by atoms with Crippen molar-refractivity contribution in [3.63, 3.8) is 0 Å². The van der Waals surface area contributed by atoms with Crippen molar-refractivity contribution in [2.75, 3.05) is 6.61 Å². The Morgan fingerprint density at radius 3 is 2.21 bits per heavy atom. The highest BCUT2D eigenvalue weighted by molar-refractivity contribution is 7.89. The van der Waals surface area contributed by atoms with Crippen molar-refractivity contribution in [1.29, 1.82) is 0 Å². The van der Waals surface area contributed by atoms with Gasteiger partial charge in [-0.2, -0.15) is 0 Å². The second kappa shape index (κ2) is 4.92.